The number of carbonyl (C=O) groups is 2. The van der Waals surface area contributed by atoms with Crippen molar-refractivity contribution in [2.75, 3.05) is 17.7 Å². The number of nitrogens with one attached hydrogen (secondary N) is 1. The Morgan fingerprint density at radius 3 is 2.46 bits per heavy atom. The Kier molecular flexibility index (Phi) is 5.99. The van der Waals surface area contributed by atoms with Gasteiger partial charge in [-0.15, -0.1) is 0 Å². The van der Waals surface area contributed by atoms with Gasteiger partial charge in [-0.25, -0.2) is 4.79 Å². The van der Waals surface area contributed by atoms with Crippen LogP contribution in [-0.2, 0) is 15.7 Å². The van der Waals surface area contributed by atoms with Crippen molar-refractivity contribution < 1.29 is 27.5 Å². The maximum absolute atomic E-state index is 12.7. The second kappa shape index (κ2) is 7.84. The molecule has 0 heterocycles. The Hall–Kier alpha value is -2.45. The third-order valence-electron chi connectivity index (χ3n) is 3.14. The summed E-state index contributed by atoms with van der Waals surface area (Å²) in [6.45, 7) is -0.753. The summed E-state index contributed by atoms with van der Waals surface area (Å²) in [6.07, 6.45) is -4.60. The predicted octanol–water partition coefficient (Wildman–Crippen LogP) is 4.39. The molecule has 0 aliphatic carbocycles. The summed E-state index contributed by atoms with van der Waals surface area (Å²) in [5, 5.41) is 2.29. The van der Waals surface area contributed by atoms with Crippen LogP contribution in [0.25, 0.3) is 0 Å². The third kappa shape index (κ3) is 5.03. The van der Waals surface area contributed by atoms with Crippen molar-refractivity contribution in [1.82, 2.24) is 0 Å². The van der Waals surface area contributed by atoms with Gasteiger partial charge in [0.15, 0.2) is 6.61 Å². The fourth-order valence-electron chi connectivity index (χ4n) is 1.90. The van der Waals surface area contributed by atoms with Gasteiger partial charge >= 0.3 is 12.1 Å². The van der Waals surface area contributed by atoms with Crippen molar-refractivity contribution in [2.24, 2.45) is 0 Å². The first kappa shape index (κ1) is 19.9. The number of alkyl halides is 3. The number of ether oxygens (including phenoxy) is 1. The van der Waals surface area contributed by atoms with Crippen LogP contribution >= 0.6 is 23.2 Å². The van der Waals surface area contributed by atoms with Gasteiger partial charge in [0.25, 0.3) is 5.91 Å². The van der Waals surface area contributed by atoms with Crippen LogP contribution in [-0.4, -0.2) is 18.5 Å². The van der Waals surface area contributed by atoms with E-state index in [2.05, 4.69) is 5.32 Å². The largest absolute Gasteiger partial charge is 0.452 e. The van der Waals surface area contributed by atoms with Gasteiger partial charge in [0, 0.05) is 10.7 Å². The highest BCUT2D eigenvalue weighted by atomic mass is 35.5. The molecule has 2 aromatic rings. The van der Waals surface area contributed by atoms with E-state index in [1.165, 1.54) is 18.2 Å². The van der Waals surface area contributed by atoms with E-state index in [0.717, 1.165) is 12.1 Å². The van der Waals surface area contributed by atoms with Crippen molar-refractivity contribution in [3.63, 3.8) is 0 Å². The number of hydrogen-bond donors (Lipinski definition) is 2. The molecule has 0 aromatic heterocycles. The Labute approximate surface area is 155 Å². The zero-order valence-corrected chi connectivity index (χ0v) is 14.4. The zero-order valence-electron chi connectivity index (χ0n) is 12.9. The molecule has 26 heavy (non-hydrogen) atoms. The fourth-order valence-corrected chi connectivity index (χ4v) is 2.23. The van der Waals surface area contributed by atoms with Crippen LogP contribution in [0.3, 0.4) is 0 Å². The van der Waals surface area contributed by atoms with Crippen LogP contribution in [0, 0.1) is 0 Å². The molecule has 5 nitrogen and oxygen atoms in total. The van der Waals surface area contributed by atoms with Gasteiger partial charge in [0.2, 0.25) is 0 Å². The molecule has 0 fully saturated rings. The van der Waals surface area contributed by atoms with E-state index in [1.807, 2.05) is 0 Å². The molecule has 10 heteroatoms. The Balaban J connectivity index is 2.03. The zero-order chi connectivity index (χ0) is 19.5. The first-order valence-corrected chi connectivity index (χ1v) is 7.72. The normalized spacial score (nSPS) is 11.1. The number of hydrogen-bond acceptors (Lipinski definition) is 4. The van der Waals surface area contributed by atoms with Crippen molar-refractivity contribution in [3.05, 3.63) is 57.6 Å². The molecule has 0 aliphatic heterocycles. The van der Waals surface area contributed by atoms with E-state index in [0.29, 0.717) is 6.07 Å². The lowest BCUT2D eigenvalue weighted by Crippen LogP contribution is -2.22. The lowest BCUT2D eigenvalue weighted by atomic mass is 10.2. The number of esters is 1. The van der Waals surface area contributed by atoms with Gasteiger partial charge in [-0.2, -0.15) is 13.2 Å². The van der Waals surface area contributed by atoms with E-state index in [9.17, 15) is 22.8 Å². The van der Waals surface area contributed by atoms with Crippen LogP contribution in [0.15, 0.2) is 36.4 Å². The van der Waals surface area contributed by atoms with Crippen molar-refractivity contribution in [3.8, 4) is 0 Å². The average molecular weight is 407 g/mol. The van der Waals surface area contributed by atoms with Gasteiger partial charge in [0.05, 0.1) is 21.8 Å². The Morgan fingerprint density at radius 1 is 1.12 bits per heavy atom. The quantitative estimate of drug-likeness (QED) is 0.582. The van der Waals surface area contributed by atoms with Gasteiger partial charge < -0.3 is 15.8 Å². The van der Waals surface area contributed by atoms with Crippen molar-refractivity contribution in [2.45, 2.75) is 6.18 Å². The minimum absolute atomic E-state index is 0.0394. The molecule has 0 aliphatic rings. The predicted molar refractivity (Wildman–Crippen MR) is 91.2 cm³/mol. The molecule has 0 saturated carbocycles. The van der Waals surface area contributed by atoms with E-state index in [1.54, 1.807) is 0 Å². The Morgan fingerprint density at radius 2 is 1.81 bits per heavy atom. The summed E-state index contributed by atoms with van der Waals surface area (Å²) in [5.41, 5.74) is 4.43. The second-order valence-electron chi connectivity index (χ2n) is 5.05. The van der Waals surface area contributed by atoms with Crippen LogP contribution in [0.4, 0.5) is 24.5 Å². The molecule has 2 aromatic carbocycles. The monoisotopic (exact) mass is 406 g/mol. The smallest absolute Gasteiger partial charge is 0.416 e. The highest BCUT2D eigenvalue weighted by molar-refractivity contribution is 6.33. The molecule has 0 unspecified atom stereocenters. The number of anilines is 2. The number of rotatable bonds is 4. The number of nitrogen functional groups attached to an aromatic ring is 1. The molecule has 0 saturated heterocycles. The number of carbonyl (C=O) groups excluding carboxylic acids is 2. The summed E-state index contributed by atoms with van der Waals surface area (Å²) in [6, 6.07) is 6.58. The second-order valence-corrected chi connectivity index (χ2v) is 5.89. The van der Waals surface area contributed by atoms with Crippen LogP contribution < -0.4 is 11.1 Å². The minimum atomic E-state index is -4.60. The van der Waals surface area contributed by atoms with Gasteiger partial charge in [-0.05, 0) is 36.4 Å². The maximum Gasteiger partial charge on any atom is 0.416 e. The van der Waals surface area contributed by atoms with Crippen LogP contribution in [0.1, 0.15) is 15.9 Å². The number of amides is 1. The van der Waals surface area contributed by atoms with Crippen LogP contribution in [0.5, 0.6) is 0 Å². The van der Waals surface area contributed by atoms with Gasteiger partial charge in [0.1, 0.15) is 0 Å². The van der Waals surface area contributed by atoms with E-state index in [4.69, 9.17) is 33.7 Å². The molecule has 0 bridgehead atoms. The summed E-state index contributed by atoms with van der Waals surface area (Å²) in [5.74, 6) is -1.78. The highest BCUT2D eigenvalue weighted by Crippen LogP contribution is 2.33. The Bertz CT molecular complexity index is 857. The average Bonchev–Trinajstić information content (AvgIpc) is 2.55. The van der Waals surface area contributed by atoms with Gasteiger partial charge in [-0.3, -0.25) is 4.79 Å². The standard InChI is InChI=1S/C16H11Cl2F3N2O3/c17-9-2-4-12(22)10(6-9)15(25)26-7-14(24)23-13-5-8(16(19,20)21)1-3-11(13)18/h1-6H,7,22H2,(H,23,24). The molecule has 138 valence electrons. The topological polar surface area (TPSA) is 81.4 Å². The maximum atomic E-state index is 12.7. The number of nitrogens with two attached hydrogens (primary N) is 1. The van der Waals surface area contributed by atoms with E-state index >= 15 is 0 Å². The summed E-state index contributed by atoms with van der Waals surface area (Å²) >= 11 is 11.5. The number of halogens is 5. The lowest BCUT2D eigenvalue weighted by Gasteiger charge is -2.12. The summed E-state index contributed by atoms with van der Waals surface area (Å²) in [4.78, 5) is 23.7. The molecular weight excluding hydrogens is 396 g/mol. The molecule has 2 rings (SSSR count). The summed E-state index contributed by atoms with van der Waals surface area (Å²) in [7, 11) is 0. The lowest BCUT2D eigenvalue weighted by molar-refractivity contribution is -0.137. The number of benzene rings is 2. The SMILES string of the molecule is Nc1ccc(Cl)cc1C(=O)OCC(=O)Nc1cc(C(F)(F)F)ccc1Cl. The third-order valence-corrected chi connectivity index (χ3v) is 3.70. The first-order valence-electron chi connectivity index (χ1n) is 6.96. The molecule has 0 spiro atoms. The fraction of sp³-hybridized carbons (Fsp3) is 0.125. The molecule has 0 atom stereocenters. The van der Waals surface area contributed by atoms with E-state index in [-0.39, 0.29) is 27.0 Å². The highest BCUT2D eigenvalue weighted by Gasteiger charge is 2.31. The molecule has 3 N–H and O–H groups in total. The molecular formula is C16H11Cl2F3N2O3. The molecule has 0 radical (unpaired) electrons. The first-order chi connectivity index (χ1) is 12.1. The summed E-state index contributed by atoms with van der Waals surface area (Å²) < 4.78 is 42.9. The van der Waals surface area contributed by atoms with Crippen LogP contribution in [0.2, 0.25) is 10.0 Å². The van der Waals surface area contributed by atoms with Gasteiger partial charge in [-0.1, -0.05) is 23.2 Å². The van der Waals surface area contributed by atoms with Crippen molar-refractivity contribution in [1.29, 1.82) is 0 Å². The minimum Gasteiger partial charge on any atom is -0.452 e. The molecule has 1 amide bonds. The van der Waals surface area contributed by atoms with Crippen molar-refractivity contribution >= 4 is 46.5 Å². The van der Waals surface area contributed by atoms with E-state index < -0.39 is 30.2 Å².